The summed E-state index contributed by atoms with van der Waals surface area (Å²) in [5.74, 6) is -0.466. The molecule has 0 saturated heterocycles. The van der Waals surface area contributed by atoms with Crippen LogP contribution in [0.1, 0.15) is 15.9 Å². The smallest absolute Gasteiger partial charge is 0.258 e. The third-order valence-corrected chi connectivity index (χ3v) is 6.09. The molecular weight excluding hydrogens is 381 g/mol. The van der Waals surface area contributed by atoms with Crippen LogP contribution < -0.4 is 4.90 Å². The van der Waals surface area contributed by atoms with E-state index in [1.54, 1.807) is 49.4 Å². The molecule has 0 fully saturated rings. The molecule has 0 aromatic heterocycles. The van der Waals surface area contributed by atoms with Crippen molar-refractivity contribution in [2.45, 2.75) is 13.0 Å². The second-order valence-corrected chi connectivity index (χ2v) is 8.57. The van der Waals surface area contributed by atoms with E-state index in [2.05, 4.69) is 0 Å². The van der Waals surface area contributed by atoms with Crippen molar-refractivity contribution in [2.24, 2.45) is 0 Å². The molecule has 0 bridgehead atoms. The van der Waals surface area contributed by atoms with Gasteiger partial charge in [0.2, 0.25) is 0 Å². The summed E-state index contributed by atoms with van der Waals surface area (Å²) in [7, 11) is -3.32. The zero-order valence-corrected chi connectivity index (χ0v) is 15.6. The lowest BCUT2D eigenvalue weighted by molar-refractivity contribution is 0.0983. The Bertz CT molecular complexity index is 953. The Kier molecular flexibility index (Phi) is 4.91. The number of hydrogen-bond acceptors (Lipinski definition) is 3. The molecule has 2 aromatic carbocycles. The third-order valence-electron chi connectivity index (χ3n) is 4.05. The Morgan fingerprint density at radius 1 is 1.12 bits per heavy atom. The average molecular weight is 396 g/mol. The average Bonchev–Trinajstić information content (AvgIpc) is 2.92. The highest BCUT2D eigenvalue weighted by Crippen LogP contribution is 2.31. The molecule has 0 N–H and O–H groups in total. The van der Waals surface area contributed by atoms with Crippen LogP contribution in [0.25, 0.3) is 0 Å². The fourth-order valence-electron chi connectivity index (χ4n) is 2.75. The lowest BCUT2D eigenvalue weighted by Crippen LogP contribution is -2.41. The Labute approximate surface area is 156 Å². The van der Waals surface area contributed by atoms with Crippen molar-refractivity contribution in [2.75, 3.05) is 10.7 Å². The number of amides is 1. The Morgan fingerprint density at radius 2 is 1.80 bits per heavy atom. The zero-order chi connectivity index (χ0) is 18.2. The van der Waals surface area contributed by atoms with Crippen LogP contribution in [0.15, 0.2) is 53.9 Å². The number of anilines is 1. The molecule has 0 aliphatic carbocycles. The topological polar surface area (TPSA) is 54.5 Å². The summed E-state index contributed by atoms with van der Waals surface area (Å²) >= 11 is 12.1. The van der Waals surface area contributed by atoms with Gasteiger partial charge in [-0.25, -0.2) is 8.42 Å². The fraction of sp³-hybridized carbons (Fsp3) is 0.167. The van der Waals surface area contributed by atoms with Crippen molar-refractivity contribution in [1.82, 2.24) is 0 Å². The minimum atomic E-state index is -3.32. The first-order chi connectivity index (χ1) is 11.8. The molecule has 4 nitrogen and oxygen atoms in total. The number of carbonyl (C=O) groups is 1. The lowest BCUT2D eigenvalue weighted by atomic mass is 10.1. The highest BCUT2D eigenvalue weighted by atomic mass is 35.5. The minimum absolute atomic E-state index is 0.154. The van der Waals surface area contributed by atoms with Gasteiger partial charge in [0.1, 0.15) is 0 Å². The van der Waals surface area contributed by atoms with Crippen molar-refractivity contribution in [3.63, 3.8) is 0 Å². The van der Waals surface area contributed by atoms with Crippen molar-refractivity contribution in [3.8, 4) is 0 Å². The second kappa shape index (κ2) is 6.83. The zero-order valence-electron chi connectivity index (χ0n) is 13.3. The van der Waals surface area contributed by atoms with Crippen LogP contribution in [-0.2, 0) is 9.84 Å². The van der Waals surface area contributed by atoms with Crippen molar-refractivity contribution in [3.05, 3.63) is 75.1 Å². The normalized spacial score (nSPS) is 18.3. The van der Waals surface area contributed by atoms with Crippen molar-refractivity contribution < 1.29 is 13.2 Å². The maximum Gasteiger partial charge on any atom is 0.258 e. The standard InChI is InChI=1S/C18H15Cl2NO3S/c1-12-16(20)3-2-4-17(12)21(15-9-10-25(23,24)11-15)18(22)13-5-7-14(19)8-6-13/h2-10,15H,11H2,1H3. The van der Waals surface area contributed by atoms with Crippen molar-refractivity contribution >= 4 is 44.6 Å². The summed E-state index contributed by atoms with van der Waals surface area (Å²) < 4.78 is 23.7. The van der Waals surface area contributed by atoms with Crippen molar-refractivity contribution in [1.29, 1.82) is 0 Å². The minimum Gasteiger partial charge on any atom is -0.300 e. The van der Waals surface area contributed by atoms with E-state index in [1.807, 2.05) is 0 Å². The van der Waals surface area contributed by atoms with Gasteiger partial charge in [-0.05, 0) is 55.0 Å². The lowest BCUT2D eigenvalue weighted by Gasteiger charge is -2.29. The first kappa shape index (κ1) is 18.0. The molecule has 1 unspecified atom stereocenters. The summed E-state index contributed by atoms with van der Waals surface area (Å²) in [6, 6.07) is 11.1. The van der Waals surface area contributed by atoms with E-state index >= 15 is 0 Å². The molecule has 7 heteroatoms. The molecule has 130 valence electrons. The van der Waals surface area contributed by atoms with Gasteiger partial charge < -0.3 is 4.90 Å². The number of carbonyl (C=O) groups excluding carboxylic acids is 1. The molecule has 0 spiro atoms. The highest BCUT2D eigenvalue weighted by molar-refractivity contribution is 7.94. The summed E-state index contributed by atoms with van der Waals surface area (Å²) in [4.78, 5) is 14.6. The van der Waals surface area contributed by atoms with E-state index in [4.69, 9.17) is 23.2 Å². The third kappa shape index (κ3) is 3.73. The highest BCUT2D eigenvalue weighted by Gasteiger charge is 2.33. The van der Waals surface area contributed by atoms with Crippen LogP contribution in [0.5, 0.6) is 0 Å². The Morgan fingerprint density at radius 3 is 2.40 bits per heavy atom. The van der Waals surface area contributed by atoms with Crippen LogP contribution in [-0.4, -0.2) is 26.1 Å². The van der Waals surface area contributed by atoms with Crippen LogP contribution in [0.2, 0.25) is 10.0 Å². The predicted octanol–water partition coefficient (Wildman–Crippen LogP) is 4.26. The molecule has 1 heterocycles. The molecule has 1 aliphatic rings. The first-order valence-corrected chi connectivity index (χ1v) is 10.0. The summed E-state index contributed by atoms with van der Waals surface area (Å²) in [6.45, 7) is 1.80. The van der Waals surface area contributed by atoms with E-state index in [-0.39, 0.29) is 11.7 Å². The molecule has 25 heavy (non-hydrogen) atoms. The number of benzene rings is 2. The molecule has 1 atom stereocenters. The van der Waals surface area contributed by atoms with E-state index in [9.17, 15) is 13.2 Å². The van der Waals surface area contributed by atoms with Crippen LogP contribution in [0.4, 0.5) is 5.69 Å². The van der Waals surface area contributed by atoms with Gasteiger partial charge in [0.25, 0.3) is 5.91 Å². The molecular formula is C18H15Cl2NO3S. The number of halogens is 2. The van der Waals surface area contributed by atoms with Gasteiger partial charge >= 0.3 is 0 Å². The monoisotopic (exact) mass is 395 g/mol. The maximum absolute atomic E-state index is 13.1. The van der Waals surface area contributed by atoms with E-state index in [1.165, 1.54) is 11.0 Å². The maximum atomic E-state index is 13.1. The SMILES string of the molecule is Cc1c(Cl)cccc1N(C(=O)c1ccc(Cl)cc1)C1C=CS(=O)(=O)C1. The first-order valence-electron chi connectivity index (χ1n) is 7.54. The molecule has 2 aromatic rings. The number of hydrogen-bond donors (Lipinski definition) is 0. The number of rotatable bonds is 3. The van der Waals surface area contributed by atoms with E-state index in [0.717, 1.165) is 5.41 Å². The predicted molar refractivity (Wildman–Crippen MR) is 101 cm³/mol. The van der Waals surface area contributed by atoms with Gasteiger partial charge in [-0.3, -0.25) is 4.79 Å². The van der Waals surface area contributed by atoms with Crippen LogP contribution in [0, 0.1) is 6.92 Å². The van der Waals surface area contributed by atoms with Crippen LogP contribution in [0.3, 0.4) is 0 Å². The molecule has 1 aliphatic heterocycles. The Balaban J connectivity index is 2.09. The van der Waals surface area contributed by atoms with E-state index in [0.29, 0.717) is 26.9 Å². The second-order valence-electron chi connectivity index (χ2n) is 5.79. The quantitative estimate of drug-likeness (QED) is 0.779. The molecule has 0 radical (unpaired) electrons. The molecule has 3 rings (SSSR count). The fourth-order valence-corrected chi connectivity index (χ4v) is 4.31. The summed E-state index contributed by atoms with van der Waals surface area (Å²) in [5.41, 5.74) is 1.71. The summed E-state index contributed by atoms with van der Waals surface area (Å²) in [6.07, 6.45) is 1.53. The Hall–Kier alpha value is -1.82. The number of sulfone groups is 1. The molecule has 1 amide bonds. The van der Waals surface area contributed by atoms with E-state index < -0.39 is 15.9 Å². The van der Waals surface area contributed by atoms with Crippen LogP contribution >= 0.6 is 23.2 Å². The van der Waals surface area contributed by atoms with Gasteiger partial charge in [0.15, 0.2) is 9.84 Å². The van der Waals surface area contributed by atoms with Gasteiger partial charge in [-0.2, -0.15) is 0 Å². The molecule has 0 saturated carbocycles. The number of nitrogens with zero attached hydrogens (tertiary/aromatic N) is 1. The van der Waals surface area contributed by atoms with Gasteiger partial charge in [0.05, 0.1) is 11.8 Å². The largest absolute Gasteiger partial charge is 0.300 e. The summed E-state index contributed by atoms with van der Waals surface area (Å²) in [5, 5.41) is 2.18. The van der Waals surface area contributed by atoms with Gasteiger partial charge in [-0.15, -0.1) is 0 Å². The van der Waals surface area contributed by atoms with Gasteiger partial charge in [0, 0.05) is 26.7 Å². The van der Waals surface area contributed by atoms with Gasteiger partial charge in [-0.1, -0.05) is 29.3 Å².